The van der Waals surface area contributed by atoms with Crippen molar-refractivity contribution in [1.29, 1.82) is 0 Å². The monoisotopic (exact) mass is 329 g/mol. The molecule has 2 atom stereocenters. The van der Waals surface area contributed by atoms with Crippen LogP contribution in [-0.2, 0) is 11.0 Å². The van der Waals surface area contributed by atoms with E-state index in [2.05, 4.69) is 14.7 Å². The van der Waals surface area contributed by atoms with Crippen LogP contribution >= 0.6 is 0 Å². The molecule has 0 aliphatic rings. The first-order valence-corrected chi connectivity index (χ1v) is 8.52. The number of furan rings is 1. The molecule has 0 aromatic carbocycles. The predicted molar refractivity (Wildman–Crippen MR) is 91.1 cm³/mol. The van der Waals surface area contributed by atoms with Crippen LogP contribution in [0.2, 0.25) is 0 Å². The molecule has 5 nitrogen and oxygen atoms in total. The Kier molecular flexibility index (Phi) is 4.28. The summed E-state index contributed by atoms with van der Waals surface area (Å²) < 4.78 is 21.2. The van der Waals surface area contributed by atoms with Crippen LogP contribution in [0.5, 0.6) is 0 Å². The van der Waals surface area contributed by atoms with Gasteiger partial charge in [-0.1, -0.05) is 6.07 Å². The SMILES string of the molecule is CC(C)(C)S(=O)NC(c1cccnc1)c1cc2cccnc2o1. The average molecular weight is 329 g/mol. The van der Waals surface area contributed by atoms with Crippen molar-refractivity contribution < 1.29 is 8.63 Å². The zero-order valence-electron chi connectivity index (χ0n) is 13.3. The van der Waals surface area contributed by atoms with Crippen LogP contribution in [0, 0.1) is 0 Å². The maximum Gasteiger partial charge on any atom is 0.226 e. The number of fused-ring (bicyclic) bond motifs is 1. The summed E-state index contributed by atoms with van der Waals surface area (Å²) in [5.41, 5.74) is 1.46. The summed E-state index contributed by atoms with van der Waals surface area (Å²) in [7, 11) is -1.25. The predicted octanol–water partition coefficient (Wildman–Crippen LogP) is 3.36. The Balaban J connectivity index is 2.02. The van der Waals surface area contributed by atoms with Gasteiger partial charge in [-0.15, -0.1) is 0 Å². The Morgan fingerprint density at radius 1 is 1.22 bits per heavy atom. The molecule has 0 aliphatic heterocycles. The topological polar surface area (TPSA) is 68.0 Å². The molecule has 0 spiro atoms. The van der Waals surface area contributed by atoms with Crippen LogP contribution in [0.25, 0.3) is 11.1 Å². The maximum absolute atomic E-state index is 12.6. The summed E-state index contributed by atoms with van der Waals surface area (Å²) in [6.45, 7) is 5.78. The fraction of sp³-hybridized carbons (Fsp3) is 0.294. The zero-order valence-corrected chi connectivity index (χ0v) is 14.1. The Morgan fingerprint density at radius 3 is 2.65 bits per heavy atom. The Labute approximate surface area is 137 Å². The molecule has 0 radical (unpaired) electrons. The molecule has 0 aliphatic carbocycles. The van der Waals surface area contributed by atoms with Crippen LogP contribution < -0.4 is 4.72 Å². The summed E-state index contributed by atoms with van der Waals surface area (Å²) in [4.78, 5) is 8.38. The Morgan fingerprint density at radius 2 is 2.00 bits per heavy atom. The Bertz CT molecular complexity index is 791. The number of hydrogen-bond donors (Lipinski definition) is 1. The minimum atomic E-state index is -1.25. The van der Waals surface area contributed by atoms with Gasteiger partial charge < -0.3 is 4.42 Å². The minimum absolute atomic E-state index is 0.349. The third-order valence-corrected chi connectivity index (χ3v) is 4.96. The molecule has 0 saturated carbocycles. The molecule has 0 saturated heterocycles. The molecular formula is C17H19N3O2S. The van der Waals surface area contributed by atoms with Crippen molar-refractivity contribution in [3.05, 3.63) is 60.2 Å². The van der Waals surface area contributed by atoms with Crippen molar-refractivity contribution in [2.75, 3.05) is 0 Å². The molecule has 1 N–H and O–H groups in total. The number of aromatic nitrogens is 2. The normalized spacial score (nSPS) is 14.7. The van der Waals surface area contributed by atoms with E-state index in [1.807, 2.05) is 51.1 Å². The van der Waals surface area contributed by atoms with Gasteiger partial charge in [0.05, 0.1) is 15.7 Å². The lowest BCUT2D eigenvalue weighted by Crippen LogP contribution is -2.36. The van der Waals surface area contributed by atoms with Crippen molar-refractivity contribution >= 4 is 22.1 Å². The highest BCUT2D eigenvalue weighted by atomic mass is 32.2. The summed E-state index contributed by atoms with van der Waals surface area (Å²) in [6.07, 6.45) is 5.15. The van der Waals surface area contributed by atoms with Crippen molar-refractivity contribution in [3.63, 3.8) is 0 Å². The van der Waals surface area contributed by atoms with Crippen LogP contribution in [-0.4, -0.2) is 18.9 Å². The van der Waals surface area contributed by atoms with Gasteiger partial charge in [0, 0.05) is 24.0 Å². The van der Waals surface area contributed by atoms with Crippen LogP contribution in [0.1, 0.15) is 38.1 Å². The van der Waals surface area contributed by atoms with E-state index in [9.17, 15) is 4.21 Å². The number of hydrogen-bond acceptors (Lipinski definition) is 4. The van der Waals surface area contributed by atoms with E-state index in [1.165, 1.54) is 0 Å². The molecule has 0 bridgehead atoms. The smallest absolute Gasteiger partial charge is 0.226 e. The van der Waals surface area contributed by atoms with Crippen molar-refractivity contribution in [2.45, 2.75) is 31.6 Å². The molecule has 6 heteroatoms. The molecule has 3 aromatic rings. The fourth-order valence-corrected chi connectivity index (χ4v) is 2.98. The summed E-state index contributed by atoms with van der Waals surface area (Å²) in [5.74, 6) is 0.671. The second-order valence-corrected chi connectivity index (χ2v) is 8.26. The van der Waals surface area contributed by atoms with E-state index in [4.69, 9.17) is 4.42 Å². The molecule has 120 valence electrons. The van der Waals surface area contributed by atoms with E-state index >= 15 is 0 Å². The molecular weight excluding hydrogens is 310 g/mol. The van der Waals surface area contributed by atoms with E-state index < -0.39 is 11.0 Å². The number of pyridine rings is 2. The first-order chi connectivity index (χ1) is 10.9. The van der Waals surface area contributed by atoms with Gasteiger partial charge in [0.1, 0.15) is 11.8 Å². The van der Waals surface area contributed by atoms with Gasteiger partial charge in [0.25, 0.3) is 0 Å². The lowest BCUT2D eigenvalue weighted by molar-refractivity contribution is 0.499. The molecule has 23 heavy (non-hydrogen) atoms. The van der Waals surface area contributed by atoms with Crippen molar-refractivity contribution in [2.24, 2.45) is 0 Å². The van der Waals surface area contributed by atoms with Crippen LogP contribution in [0.3, 0.4) is 0 Å². The summed E-state index contributed by atoms with van der Waals surface area (Å²) in [6, 6.07) is 9.17. The van der Waals surface area contributed by atoms with Gasteiger partial charge in [-0.05, 0) is 50.6 Å². The third-order valence-electron chi connectivity index (χ3n) is 3.40. The van der Waals surface area contributed by atoms with Gasteiger partial charge in [-0.2, -0.15) is 0 Å². The lowest BCUT2D eigenvalue weighted by atomic mass is 10.1. The first kappa shape index (κ1) is 15.8. The van der Waals surface area contributed by atoms with Crippen molar-refractivity contribution in [1.82, 2.24) is 14.7 Å². The molecule has 0 fully saturated rings. The fourth-order valence-electron chi connectivity index (χ4n) is 2.16. The zero-order chi connectivity index (χ0) is 16.4. The molecule has 3 heterocycles. The van der Waals surface area contributed by atoms with Gasteiger partial charge in [-0.3, -0.25) is 4.98 Å². The second-order valence-electron chi connectivity index (χ2n) is 6.26. The first-order valence-electron chi connectivity index (χ1n) is 7.37. The van der Waals surface area contributed by atoms with Gasteiger partial charge in [-0.25, -0.2) is 13.9 Å². The van der Waals surface area contributed by atoms with E-state index in [0.29, 0.717) is 11.5 Å². The average Bonchev–Trinajstić information content (AvgIpc) is 2.95. The quantitative estimate of drug-likeness (QED) is 0.797. The van der Waals surface area contributed by atoms with Crippen molar-refractivity contribution in [3.8, 4) is 0 Å². The van der Waals surface area contributed by atoms with Gasteiger partial charge in [0.2, 0.25) is 5.71 Å². The second kappa shape index (κ2) is 6.22. The molecule has 0 amide bonds. The Hall–Kier alpha value is -2.05. The van der Waals surface area contributed by atoms with Gasteiger partial charge >= 0.3 is 0 Å². The summed E-state index contributed by atoms with van der Waals surface area (Å²) in [5, 5.41) is 0.916. The van der Waals surface area contributed by atoms with E-state index in [-0.39, 0.29) is 10.8 Å². The largest absolute Gasteiger partial charge is 0.441 e. The number of nitrogens with zero attached hydrogens (tertiary/aromatic N) is 2. The molecule has 2 unspecified atom stereocenters. The lowest BCUT2D eigenvalue weighted by Gasteiger charge is -2.23. The molecule has 3 rings (SSSR count). The molecule has 3 aromatic heterocycles. The highest BCUT2D eigenvalue weighted by molar-refractivity contribution is 7.84. The standard InChI is InChI=1S/C17H19N3O2S/c1-17(2,3)23(21)20-15(13-7-4-8-18-11-13)14-10-12-6-5-9-19-16(12)22-14/h4-11,15,20H,1-3H3. The van der Waals surface area contributed by atoms with E-state index in [1.54, 1.807) is 18.6 Å². The van der Waals surface area contributed by atoms with E-state index in [0.717, 1.165) is 10.9 Å². The highest BCUT2D eigenvalue weighted by Gasteiger charge is 2.27. The van der Waals surface area contributed by atoms with Crippen LogP contribution in [0.4, 0.5) is 0 Å². The maximum atomic E-state index is 12.6. The minimum Gasteiger partial charge on any atom is -0.441 e. The van der Waals surface area contributed by atoms with Crippen LogP contribution in [0.15, 0.2) is 53.3 Å². The van der Waals surface area contributed by atoms with Gasteiger partial charge in [0.15, 0.2) is 0 Å². The number of rotatable bonds is 4. The third kappa shape index (κ3) is 3.48. The number of nitrogens with one attached hydrogen (secondary N) is 1. The summed E-state index contributed by atoms with van der Waals surface area (Å²) >= 11 is 0. The highest BCUT2D eigenvalue weighted by Crippen LogP contribution is 2.28.